The molecule has 0 saturated carbocycles. The van der Waals surface area contributed by atoms with E-state index in [1.54, 1.807) is 4.90 Å². The van der Waals surface area contributed by atoms with Gasteiger partial charge in [0, 0.05) is 50.2 Å². The second-order valence-electron chi connectivity index (χ2n) is 8.03. The van der Waals surface area contributed by atoms with Crippen molar-refractivity contribution in [2.75, 3.05) is 13.1 Å². The number of aryl methyl sites for hydroxylation is 4. The van der Waals surface area contributed by atoms with Crippen LogP contribution in [0, 0.1) is 19.3 Å². The summed E-state index contributed by atoms with van der Waals surface area (Å²) in [7, 11) is 0. The first-order valence-corrected chi connectivity index (χ1v) is 10.2. The Labute approximate surface area is 170 Å². The van der Waals surface area contributed by atoms with Gasteiger partial charge in [-0.2, -0.15) is 10.1 Å². The number of nitrogens with one attached hydrogen (secondary N) is 2. The van der Waals surface area contributed by atoms with Gasteiger partial charge in [0.05, 0.1) is 11.1 Å². The predicted molar refractivity (Wildman–Crippen MR) is 106 cm³/mol. The van der Waals surface area contributed by atoms with Crippen LogP contribution in [0.4, 0.5) is 0 Å². The Bertz CT molecular complexity index is 854. The summed E-state index contributed by atoms with van der Waals surface area (Å²) in [5.41, 5.74) is 2.26. The minimum atomic E-state index is -0.598. The fourth-order valence-corrected chi connectivity index (χ4v) is 3.76. The highest BCUT2D eigenvalue weighted by molar-refractivity contribution is 5.84. The molecule has 9 nitrogen and oxygen atoms in total. The molecule has 3 rings (SSSR count). The maximum Gasteiger partial charge on any atom is 0.227 e. The van der Waals surface area contributed by atoms with Gasteiger partial charge in [0.25, 0.3) is 0 Å². The number of carbonyl (C=O) groups is 2. The minimum Gasteiger partial charge on any atom is -0.351 e. The van der Waals surface area contributed by atoms with Crippen molar-refractivity contribution in [1.82, 2.24) is 30.6 Å². The molecule has 1 atom stereocenters. The van der Waals surface area contributed by atoms with Crippen LogP contribution in [0.1, 0.15) is 61.8 Å². The quantitative estimate of drug-likeness (QED) is 0.730. The van der Waals surface area contributed by atoms with Crippen LogP contribution in [-0.4, -0.2) is 50.1 Å². The van der Waals surface area contributed by atoms with E-state index < -0.39 is 5.41 Å². The third-order valence-electron chi connectivity index (χ3n) is 5.68. The lowest BCUT2D eigenvalue weighted by atomic mass is 9.80. The predicted octanol–water partition coefficient (Wildman–Crippen LogP) is 1.85. The van der Waals surface area contributed by atoms with Crippen molar-refractivity contribution in [2.45, 2.75) is 66.3 Å². The Hall–Kier alpha value is -2.71. The first-order valence-electron chi connectivity index (χ1n) is 10.2. The zero-order valence-corrected chi connectivity index (χ0v) is 17.7. The van der Waals surface area contributed by atoms with Crippen LogP contribution < -0.4 is 5.32 Å². The fourth-order valence-electron chi connectivity index (χ4n) is 3.76. The molecule has 2 aromatic rings. The maximum atomic E-state index is 12.9. The highest BCUT2D eigenvalue weighted by Crippen LogP contribution is 2.30. The van der Waals surface area contributed by atoms with Gasteiger partial charge >= 0.3 is 0 Å². The summed E-state index contributed by atoms with van der Waals surface area (Å²) in [6.07, 6.45) is 2.99. The molecular formula is C20H30N6O3. The number of rotatable bonds is 7. The molecule has 0 radical (unpaired) electrons. The van der Waals surface area contributed by atoms with Gasteiger partial charge in [0.2, 0.25) is 17.7 Å². The Morgan fingerprint density at radius 3 is 2.79 bits per heavy atom. The standard InChI is InChI=1S/C20H30N6O3/c1-5-16-22-17(29-25-16)7-8-18(27)26-10-6-9-20(4,12-26)19(28)21-11-15-13(2)23-24-14(15)3/h5-12H2,1-4H3,(H,21,28)(H,23,24). The Kier molecular flexibility index (Phi) is 6.34. The summed E-state index contributed by atoms with van der Waals surface area (Å²) < 4.78 is 5.16. The Balaban J connectivity index is 1.54. The summed E-state index contributed by atoms with van der Waals surface area (Å²) in [6.45, 7) is 9.28. The number of carbonyl (C=O) groups excluding carboxylic acids is 2. The van der Waals surface area contributed by atoms with E-state index in [1.807, 2.05) is 27.7 Å². The Morgan fingerprint density at radius 1 is 1.34 bits per heavy atom. The molecule has 0 aliphatic carbocycles. The zero-order valence-electron chi connectivity index (χ0n) is 17.7. The summed E-state index contributed by atoms with van der Waals surface area (Å²) in [6, 6.07) is 0. The molecule has 0 aromatic carbocycles. The smallest absolute Gasteiger partial charge is 0.227 e. The first-order chi connectivity index (χ1) is 13.8. The molecule has 2 aromatic heterocycles. The SMILES string of the molecule is CCc1noc(CCC(=O)N2CCCC(C)(C(=O)NCc3c(C)n[nH]c3C)C2)n1. The second kappa shape index (κ2) is 8.75. The molecule has 9 heteroatoms. The highest BCUT2D eigenvalue weighted by Gasteiger charge is 2.39. The largest absolute Gasteiger partial charge is 0.351 e. The van der Waals surface area contributed by atoms with Crippen LogP contribution in [0.25, 0.3) is 0 Å². The van der Waals surface area contributed by atoms with Gasteiger partial charge in [-0.15, -0.1) is 0 Å². The molecule has 1 saturated heterocycles. The normalized spacial score (nSPS) is 19.4. The lowest BCUT2D eigenvalue weighted by Gasteiger charge is -2.39. The number of piperidine rings is 1. The summed E-state index contributed by atoms with van der Waals surface area (Å²) in [5.74, 6) is 1.12. The van der Waals surface area contributed by atoms with Gasteiger partial charge in [0.15, 0.2) is 5.82 Å². The number of aromatic nitrogens is 4. The fraction of sp³-hybridized carbons (Fsp3) is 0.650. The van der Waals surface area contributed by atoms with Crippen LogP contribution >= 0.6 is 0 Å². The number of hydrogen-bond donors (Lipinski definition) is 2. The summed E-state index contributed by atoms with van der Waals surface area (Å²) in [5, 5.41) is 14.0. The highest BCUT2D eigenvalue weighted by atomic mass is 16.5. The van der Waals surface area contributed by atoms with Crippen molar-refractivity contribution in [3.63, 3.8) is 0 Å². The van der Waals surface area contributed by atoms with Crippen LogP contribution in [0.2, 0.25) is 0 Å². The molecule has 1 aliphatic rings. The van der Waals surface area contributed by atoms with Crippen LogP contribution in [0.5, 0.6) is 0 Å². The topological polar surface area (TPSA) is 117 Å². The van der Waals surface area contributed by atoms with E-state index in [-0.39, 0.29) is 11.8 Å². The number of aromatic amines is 1. The molecule has 0 bridgehead atoms. The number of likely N-dealkylation sites (tertiary alicyclic amines) is 1. The van der Waals surface area contributed by atoms with Crippen molar-refractivity contribution in [2.24, 2.45) is 5.41 Å². The average molecular weight is 402 g/mol. The lowest BCUT2D eigenvalue weighted by Crippen LogP contribution is -2.51. The zero-order chi connectivity index (χ0) is 21.0. The van der Waals surface area contributed by atoms with Gasteiger partial charge in [-0.25, -0.2) is 0 Å². The van der Waals surface area contributed by atoms with E-state index in [0.29, 0.717) is 50.6 Å². The van der Waals surface area contributed by atoms with Crippen LogP contribution in [-0.2, 0) is 29.0 Å². The molecular weight excluding hydrogens is 372 g/mol. The monoisotopic (exact) mass is 402 g/mol. The van der Waals surface area contributed by atoms with Gasteiger partial charge in [-0.05, 0) is 33.6 Å². The number of hydrogen-bond acceptors (Lipinski definition) is 6. The van der Waals surface area contributed by atoms with Crippen molar-refractivity contribution in [3.8, 4) is 0 Å². The van der Waals surface area contributed by atoms with Crippen molar-refractivity contribution < 1.29 is 14.1 Å². The minimum absolute atomic E-state index is 0.0153. The molecule has 29 heavy (non-hydrogen) atoms. The summed E-state index contributed by atoms with van der Waals surface area (Å²) >= 11 is 0. The molecule has 2 N–H and O–H groups in total. The van der Waals surface area contributed by atoms with E-state index in [4.69, 9.17) is 4.52 Å². The average Bonchev–Trinajstić information content (AvgIpc) is 3.30. The van der Waals surface area contributed by atoms with E-state index in [2.05, 4.69) is 25.7 Å². The van der Waals surface area contributed by atoms with Gasteiger partial charge in [-0.3, -0.25) is 14.7 Å². The van der Waals surface area contributed by atoms with Gasteiger partial charge in [0.1, 0.15) is 0 Å². The number of H-pyrrole nitrogens is 1. The molecule has 1 aliphatic heterocycles. The molecule has 1 fully saturated rings. The third-order valence-corrected chi connectivity index (χ3v) is 5.68. The summed E-state index contributed by atoms with van der Waals surface area (Å²) in [4.78, 5) is 31.6. The van der Waals surface area contributed by atoms with Gasteiger partial charge in [-0.1, -0.05) is 12.1 Å². The first kappa shape index (κ1) is 21.0. The third kappa shape index (κ3) is 4.83. The van der Waals surface area contributed by atoms with E-state index in [9.17, 15) is 9.59 Å². The lowest BCUT2D eigenvalue weighted by molar-refractivity contribution is -0.140. The Morgan fingerprint density at radius 2 is 2.14 bits per heavy atom. The van der Waals surface area contributed by atoms with Crippen LogP contribution in [0.3, 0.4) is 0 Å². The second-order valence-corrected chi connectivity index (χ2v) is 8.03. The molecule has 158 valence electrons. The molecule has 3 heterocycles. The van der Waals surface area contributed by atoms with E-state index >= 15 is 0 Å². The number of nitrogens with zero attached hydrogens (tertiary/aromatic N) is 4. The van der Waals surface area contributed by atoms with Crippen LogP contribution in [0.15, 0.2) is 4.52 Å². The van der Waals surface area contributed by atoms with Gasteiger partial charge < -0.3 is 14.7 Å². The van der Waals surface area contributed by atoms with E-state index in [0.717, 1.165) is 29.8 Å². The number of amides is 2. The maximum absolute atomic E-state index is 12.9. The van der Waals surface area contributed by atoms with Crippen molar-refractivity contribution in [1.29, 1.82) is 0 Å². The van der Waals surface area contributed by atoms with Crippen molar-refractivity contribution in [3.05, 3.63) is 28.7 Å². The molecule has 0 spiro atoms. The molecule has 2 amide bonds. The van der Waals surface area contributed by atoms with E-state index in [1.165, 1.54) is 0 Å². The molecule has 1 unspecified atom stereocenters. The van der Waals surface area contributed by atoms with Crippen molar-refractivity contribution >= 4 is 11.8 Å².